The largest absolute Gasteiger partial charge is 0.395 e. The molecular formula is C11H15ClN4O2. The monoisotopic (exact) mass is 270 g/mol. The second-order valence-corrected chi connectivity index (χ2v) is 4.47. The second-order valence-electron chi connectivity index (χ2n) is 4.08. The van der Waals surface area contributed by atoms with Gasteiger partial charge >= 0.3 is 0 Å². The molecule has 0 aliphatic carbocycles. The van der Waals surface area contributed by atoms with Crippen LogP contribution < -0.4 is 0 Å². The number of aromatic nitrogens is 2. The summed E-state index contributed by atoms with van der Waals surface area (Å²) in [7, 11) is 0. The lowest BCUT2D eigenvalue weighted by molar-refractivity contribution is 0.0609. The van der Waals surface area contributed by atoms with Crippen molar-refractivity contribution >= 4 is 17.5 Å². The Bertz CT molecular complexity index is 404. The van der Waals surface area contributed by atoms with Gasteiger partial charge in [0.05, 0.1) is 19.0 Å². The van der Waals surface area contributed by atoms with E-state index in [1.165, 1.54) is 12.4 Å². The summed E-state index contributed by atoms with van der Waals surface area (Å²) in [5.74, 6) is -0.122. The number of carbonyl (C=O) groups excluding carboxylic acids is 1. The Balaban J connectivity index is 1.93. The molecule has 1 saturated heterocycles. The molecule has 0 saturated carbocycles. The van der Waals surface area contributed by atoms with Gasteiger partial charge < -0.3 is 10.0 Å². The Kier molecular flexibility index (Phi) is 4.46. The van der Waals surface area contributed by atoms with Crippen LogP contribution in [0, 0.1) is 0 Å². The number of aliphatic hydroxyl groups is 1. The average molecular weight is 271 g/mol. The average Bonchev–Trinajstić information content (AvgIpc) is 2.40. The van der Waals surface area contributed by atoms with Gasteiger partial charge in [0.2, 0.25) is 0 Å². The lowest BCUT2D eigenvalue weighted by Gasteiger charge is -2.34. The molecule has 2 rings (SSSR count). The van der Waals surface area contributed by atoms with Gasteiger partial charge in [-0.3, -0.25) is 9.69 Å². The summed E-state index contributed by atoms with van der Waals surface area (Å²) in [5.41, 5.74) is 0.315. The van der Waals surface area contributed by atoms with Gasteiger partial charge in [-0.25, -0.2) is 9.97 Å². The number of halogens is 1. The highest BCUT2D eigenvalue weighted by Gasteiger charge is 2.22. The van der Waals surface area contributed by atoms with E-state index < -0.39 is 0 Å². The van der Waals surface area contributed by atoms with Gasteiger partial charge in [-0.15, -0.1) is 0 Å². The lowest BCUT2D eigenvalue weighted by Crippen LogP contribution is -2.49. The normalized spacial score (nSPS) is 16.9. The van der Waals surface area contributed by atoms with Gasteiger partial charge in [-0.05, 0) is 0 Å². The van der Waals surface area contributed by atoms with Crippen LogP contribution in [0.5, 0.6) is 0 Å². The van der Waals surface area contributed by atoms with E-state index >= 15 is 0 Å². The molecule has 1 aliphatic rings. The minimum atomic E-state index is -0.122. The molecule has 7 heteroatoms. The number of nitrogens with zero attached hydrogens (tertiary/aromatic N) is 4. The van der Waals surface area contributed by atoms with E-state index in [4.69, 9.17) is 16.7 Å². The van der Waals surface area contributed by atoms with Crippen molar-refractivity contribution in [3.63, 3.8) is 0 Å². The van der Waals surface area contributed by atoms with Crippen LogP contribution in [0.1, 0.15) is 10.5 Å². The number of rotatable bonds is 3. The number of hydrogen-bond donors (Lipinski definition) is 1. The van der Waals surface area contributed by atoms with E-state index in [0.717, 1.165) is 13.1 Å². The van der Waals surface area contributed by atoms with Gasteiger partial charge in [0.25, 0.3) is 5.91 Å². The molecule has 0 spiro atoms. The maximum Gasteiger partial charge on any atom is 0.274 e. The molecule has 0 aromatic carbocycles. The van der Waals surface area contributed by atoms with Crippen molar-refractivity contribution in [2.24, 2.45) is 0 Å². The molecule has 2 heterocycles. The summed E-state index contributed by atoms with van der Waals surface area (Å²) >= 11 is 5.63. The molecule has 0 bridgehead atoms. The fourth-order valence-electron chi connectivity index (χ4n) is 1.90. The number of aliphatic hydroxyl groups excluding tert-OH is 1. The van der Waals surface area contributed by atoms with E-state index in [0.29, 0.717) is 25.3 Å². The molecule has 1 amide bonds. The number of carbonyl (C=O) groups is 1. The minimum Gasteiger partial charge on any atom is -0.395 e. The van der Waals surface area contributed by atoms with Crippen LogP contribution in [0.4, 0.5) is 0 Å². The Labute approximate surface area is 110 Å². The van der Waals surface area contributed by atoms with Crippen LogP contribution in [-0.4, -0.2) is 70.1 Å². The Hall–Kier alpha value is -1.24. The first-order chi connectivity index (χ1) is 8.70. The topological polar surface area (TPSA) is 69.6 Å². The Morgan fingerprint density at radius 3 is 2.56 bits per heavy atom. The molecule has 1 aromatic rings. The van der Waals surface area contributed by atoms with Crippen LogP contribution in [-0.2, 0) is 0 Å². The highest BCUT2D eigenvalue weighted by molar-refractivity contribution is 6.29. The first-order valence-corrected chi connectivity index (χ1v) is 6.18. The minimum absolute atomic E-state index is 0.122. The van der Waals surface area contributed by atoms with Crippen molar-refractivity contribution in [3.8, 4) is 0 Å². The molecule has 1 N–H and O–H groups in total. The molecule has 98 valence electrons. The zero-order chi connectivity index (χ0) is 13.0. The van der Waals surface area contributed by atoms with E-state index in [2.05, 4.69) is 14.9 Å². The zero-order valence-corrected chi connectivity index (χ0v) is 10.7. The first kappa shape index (κ1) is 13.2. The van der Waals surface area contributed by atoms with Gasteiger partial charge in [0.15, 0.2) is 0 Å². The first-order valence-electron chi connectivity index (χ1n) is 5.81. The van der Waals surface area contributed by atoms with Crippen molar-refractivity contribution in [3.05, 3.63) is 23.2 Å². The summed E-state index contributed by atoms with van der Waals surface area (Å²) in [6.07, 6.45) is 2.77. The Morgan fingerprint density at radius 2 is 2.00 bits per heavy atom. The fraction of sp³-hybridized carbons (Fsp3) is 0.545. The molecule has 6 nitrogen and oxygen atoms in total. The smallest absolute Gasteiger partial charge is 0.274 e. The zero-order valence-electron chi connectivity index (χ0n) is 9.92. The lowest BCUT2D eigenvalue weighted by atomic mass is 10.3. The summed E-state index contributed by atoms with van der Waals surface area (Å²) < 4.78 is 0. The fourth-order valence-corrected chi connectivity index (χ4v) is 2.00. The van der Waals surface area contributed by atoms with Crippen LogP contribution >= 0.6 is 11.6 Å². The molecule has 0 atom stereocenters. The maximum atomic E-state index is 12.1. The van der Waals surface area contributed by atoms with Crippen LogP contribution in [0.3, 0.4) is 0 Å². The van der Waals surface area contributed by atoms with Gasteiger partial charge in [0, 0.05) is 32.7 Å². The van der Waals surface area contributed by atoms with Crippen molar-refractivity contribution < 1.29 is 9.90 Å². The van der Waals surface area contributed by atoms with E-state index in [1.807, 2.05) is 0 Å². The van der Waals surface area contributed by atoms with Crippen molar-refractivity contribution in [1.82, 2.24) is 19.8 Å². The van der Waals surface area contributed by atoms with E-state index in [1.54, 1.807) is 4.90 Å². The second kappa shape index (κ2) is 6.08. The van der Waals surface area contributed by atoms with Crippen LogP contribution in [0.15, 0.2) is 12.4 Å². The number of amides is 1. The van der Waals surface area contributed by atoms with E-state index in [9.17, 15) is 4.79 Å². The number of piperazine rings is 1. The predicted octanol–water partition coefficient (Wildman–Crippen LogP) is -0.120. The molecule has 1 fully saturated rings. The third kappa shape index (κ3) is 3.16. The van der Waals surface area contributed by atoms with Crippen LogP contribution in [0.2, 0.25) is 5.15 Å². The molecule has 1 aromatic heterocycles. The number of β-amino-alcohol motifs (C(OH)–C–C–N with tert-alkyl or cyclic N) is 1. The maximum absolute atomic E-state index is 12.1. The molecule has 18 heavy (non-hydrogen) atoms. The standard InChI is InChI=1S/C11H15ClN4O2/c12-10-8-13-9(7-14-10)11(18)16-3-1-15(2-4-16)5-6-17/h7-8,17H,1-6H2. The van der Waals surface area contributed by atoms with E-state index in [-0.39, 0.29) is 17.7 Å². The molecule has 1 aliphatic heterocycles. The highest BCUT2D eigenvalue weighted by Crippen LogP contribution is 2.07. The quantitative estimate of drug-likeness (QED) is 0.829. The summed E-state index contributed by atoms with van der Waals surface area (Å²) in [6.45, 7) is 3.63. The summed E-state index contributed by atoms with van der Waals surface area (Å²) in [6, 6.07) is 0. The van der Waals surface area contributed by atoms with Crippen molar-refractivity contribution in [1.29, 1.82) is 0 Å². The van der Waals surface area contributed by atoms with Crippen molar-refractivity contribution in [2.75, 3.05) is 39.3 Å². The molecule has 0 radical (unpaired) electrons. The highest BCUT2D eigenvalue weighted by atomic mass is 35.5. The third-order valence-corrected chi connectivity index (χ3v) is 3.11. The molecule has 0 unspecified atom stereocenters. The predicted molar refractivity (Wildman–Crippen MR) is 66.5 cm³/mol. The Morgan fingerprint density at radius 1 is 1.28 bits per heavy atom. The number of hydrogen-bond acceptors (Lipinski definition) is 5. The third-order valence-electron chi connectivity index (χ3n) is 2.92. The summed E-state index contributed by atoms with van der Waals surface area (Å²) in [4.78, 5) is 23.8. The van der Waals surface area contributed by atoms with Crippen molar-refractivity contribution in [2.45, 2.75) is 0 Å². The van der Waals surface area contributed by atoms with Crippen LogP contribution in [0.25, 0.3) is 0 Å². The SMILES string of the molecule is O=C(c1cnc(Cl)cn1)N1CCN(CCO)CC1. The van der Waals surface area contributed by atoms with Gasteiger partial charge in [0.1, 0.15) is 10.8 Å². The van der Waals surface area contributed by atoms with Gasteiger partial charge in [-0.1, -0.05) is 11.6 Å². The molecular weight excluding hydrogens is 256 g/mol. The van der Waals surface area contributed by atoms with Gasteiger partial charge in [-0.2, -0.15) is 0 Å². The summed E-state index contributed by atoms with van der Waals surface area (Å²) in [5, 5.41) is 9.12.